The molecule has 0 aliphatic carbocycles. The van der Waals surface area contributed by atoms with E-state index in [0.717, 1.165) is 37.4 Å². The number of hydrogen-bond donors (Lipinski definition) is 1. The number of piperidine rings is 1. The molecule has 6 heteroatoms. The number of para-hydroxylation sites is 2. The number of benzene rings is 1. The second-order valence-corrected chi connectivity index (χ2v) is 6.74. The Bertz CT molecular complexity index is 737. The lowest BCUT2D eigenvalue weighted by molar-refractivity contribution is -0.125. The van der Waals surface area contributed by atoms with E-state index in [0.29, 0.717) is 11.4 Å². The van der Waals surface area contributed by atoms with Crippen molar-refractivity contribution in [2.75, 3.05) is 30.4 Å². The van der Waals surface area contributed by atoms with Crippen molar-refractivity contribution in [3.8, 4) is 5.75 Å². The van der Waals surface area contributed by atoms with Gasteiger partial charge >= 0.3 is 0 Å². The molecule has 6 nitrogen and oxygen atoms in total. The summed E-state index contributed by atoms with van der Waals surface area (Å²) in [7, 11) is 1.60. The average Bonchev–Trinajstić information content (AvgIpc) is 2.63. The monoisotopic (exact) mass is 340 g/mol. The van der Waals surface area contributed by atoms with Crippen molar-refractivity contribution in [2.45, 2.75) is 26.7 Å². The highest BCUT2D eigenvalue weighted by Crippen LogP contribution is 2.35. The Hall–Kier alpha value is -2.63. The van der Waals surface area contributed by atoms with Crippen LogP contribution in [-0.4, -0.2) is 36.3 Å². The maximum Gasteiger partial charge on any atom is 0.230 e. The summed E-state index contributed by atoms with van der Waals surface area (Å²) >= 11 is 0. The van der Waals surface area contributed by atoms with E-state index in [4.69, 9.17) is 4.74 Å². The first-order chi connectivity index (χ1) is 12.0. The van der Waals surface area contributed by atoms with Crippen LogP contribution in [0.1, 0.15) is 25.5 Å². The van der Waals surface area contributed by atoms with E-state index in [1.165, 1.54) is 0 Å². The van der Waals surface area contributed by atoms with Crippen LogP contribution in [0, 0.1) is 12.3 Å². The van der Waals surface area contributed by atoms with Crippen molar-refractivity contribution in [2.24, 2.45) is 5.41 Å². The highest BCUT2D eigenvalue weighted by atomic mass is 16.5. The first-order valence-electron chi connectivity index (χ1n) is 8.51. The third-order valence-electron chi connectivity index (χ3n) is 4.88. The van der Waals surface area contributed by atoms with Gasteiger partial charge in [-0.1, -0.05) is 19.1 Å². The van der Waals surface area contributed by atoms with E-state index in [-0.39, 0.29) is 5.91 Å². The van der Waals surface area contributed by atoms with E-state index in [1.807, 2.05) is 50.2 Å². The predicted octanol–water partition coefficient (Wildman–Crippen LogP) is 3.04. The Morgan fingerprint density at radius 1 is 1.16 bits per heavy atom. The quantitative estimate of drug-likeness (QED) is 0.926. The average molecular weight is 340 g/mol. The van der Waals surface area contributed by atoms with Gasteiger partial charge in [-0.15, -0.1) is 5.10 Å². The van der Waals surface area contributed by atoms with Gasteiger partial charge in [0.1, 0.15) is 5.75 Å². The van der Waals surface area contributed by atoms with Crippen molar-refractivity contribution in [1.29, 1.82) is 0 Å². The fourth-order valence-electron chi connectivity index (χ4n) is 3.04. The number of ether oxygens (including phenoxy) is 1. The minimum atomic E-state index is -0.407. The summed E-state index contributed by atoms with van der Waals surface area (Å²) in [5, 5.41) is 11.4. The van der Waals surface area contributed by atoms with Crippen LogP contribution in [-0.2, 0) is 4.79 Å². The molecule has 1 N–H and O–H groups in total. The fourth-order valence-corrected chi connectivity index (χ4v) is 3.04. The Morgan fingerprint density at radius 2 is 1.88 bits per heavy atom. The van der Waals surface area contributed by atoms with Crippen molar-refractivity contribution >= 4 is 17.4 Å². The molecule has 3 rings (SSSR count). The van der Waals surface area contributed by atoms with Gasteiger partial charge in [-0.25, -0.2) is 0 Å². The van der Waals surface area contributed by atoms with Crippen LogP contribution in [0.25, 0.3) is 0 Å². The number of nitrogens with one attached hydrogen (secondary N) is 1. The molecule has 0 unspecified atom stereocenters. The van der Waals surface area contributed by atoms with Crippen molar-refractivity contribution in [3.05, 3.63) is 42.1 Å². The number of aromatic nitrogens is 2. The molecule has 1 aliphatic rings. The standard InChI is InChI=1S/C19H24N4O2/c1-14-8-9-17(22-21-14)23-12-10-19(2,11-13-23)18(24)20-15-6-4-5-7-16(15)25-3/h4-9H,10-13H2,1-3H3,(H,20,24). The smallest absolute Gasteiger partial charge is 0.230 e. The lowest BCUT2D eigenvalue weighted by Gasteiger charge is -2.38. The molecule has 25 heavy (non-hydrogen) atoms. The van der Waals surface area contributed by atoms with Gasteiger partial charge < -0.3 is 15.0 Å². The van der Waals surface area contributed by atoms with Gasteiger partial charge in [-0.05, 0) is 44.0 Å². The highest BCUT2D eigenvalue weighted by molar-refractivity contribution is 5.96. The van der Waals surface area contributed by atoms with Gasteiger partial charge in [-0.2, -0.15) is 5.10 Å². The van der Waals surface area contributed by atoms with Crippen molar-refractivity contribution < 1.29 is 9.53 Å². The zero-order valence-corrected chi connectivity index (χ0v) is 15.0. The zero-order chi connectivity index (χ0) is 17.9. The Balaban J connectivity index is 1.65. The molecule has 0 spiro atoms. The number of amides is 1. The number of rotatable bonds is 4. The molecule has 1 aliphatic heterocycles. The molecule has 1 fully saturated rings. The first kappa shape index (κ1) is 17.2. The van der Waals surface area contributed by atoms with Crippen LogP contribution in [0.5, 0.6) is 5.75 Å². The highest BCUT2D eigenvalue weighted by Gasteiger charge is 2.37. The number of methoxy groups -OCH3 is 1. The Labute approximate surface area is 148 Å². The summed E-state index contributed by atoms with van der Waals surface area (Å²) in [5.74, 6) is 1.58. The number of hydrogen-bond acceptors (Lipinski definition) is 5. The van der Waals surface area contributed by atoms with Gasteiger partial charge in [0.2, 0.25) is 5.91 Å². The Kier molecular flexibility index (Phi) is 4.88. The third kappa shape index (κ3) is 3.73. The SMILES string of the molecule is COc1ccccc1NC(=O)C1(C)CCN(c2ccc(C)nn2)CC1. The summed E-state index contributed by atoms with van der Waals surface area (Å²) in [5.41, 5.74) is 1.21. The van der Waals surface area contributed by atoms with Gasteiger partial charge in [0, 0.05) is 13.1 Å². The van der Waals surface area contributed by atoms with Crippen LogP contribution >= 0.6 is 0 Å². The Morgan fingerprint density at radius 3 is 2.52 bits per heavy atom. The second kappa shape index (κ2) is 7.09. The number of nitrogens with zero attached hydrogens (tertiary/aromatic N) is 3. The second-order valence-electron chi connectivity index (χ2n) is 6.74. The molecular formula is C19H24N4O2. The zero-order valence-electron chi connectivity index (χ0n) is 15.0. The van der Waals surface area contributed by atoms with E-state index in [2.05, 4.69) is 20.4 Å². The molecule has 0 atom stereocenters. The summed E-state index contributed by atoms with van der Waals surface area (Å²) in [6, 6.07) is 11.4. The van der Waals surface area contributed by atoms with Crippen LogP contribution in [0.4, 0.5) is 11.5 Å². The van der Waals surface area contributed by atoms with Crippen LogP contribution < -0.4 is 15.0 Å². The van der Waals surface area contributed by atoms with Gasteiger partial charge in [0.25, 0.3) is 0 Å². The number of aryl methyl sites for hydroxylation is 1. The van der Waals surface area contributed by atoms with Crippen LogP contribution in [0.2, 0.25) is 0 Å². The molecule has 2 aromatic rings. The molecule has 132 valence electrons. The lowest BCUT2D eigenvalue weighted by atomic mass is 9.79. The maximum atomic E-state index is 12.8. The van der Waals surface area contributed by atoms with E-state index in [9.17, 15) is 4.79 Å². The minimum Gasteiger partial charge on any atom is -0.495 e. The van der Waals surface area contributed by atoms with Crippen molar-refractivity contribution in [3.63, 3.8) is 0 Å². The molecule has 2 heterocycles. The molecule has 0 saturated carbocycles. The normalized spacial score (nSPS) is 16.4. The first-order valence-corrected chi connectivity index (χ1v) is 8.51. The molecule has 1 saturated heterocycles. The van der Waals surface area contributed by atoms with Crippen LogP contribution in [0.3, 0.4) is 0 Å². The number of carbonyl (C=O) groups is 1. The molecular weight excluding hydrogens is 316 g/mol. The van der Waals surface area contributed by atoms with Gasteiger partial charge in [-0.3, -0.25) is 4.79 Å². The molecule has 0 radical (unpaired) electrons. The maximum absolute atomic E-state index is 12.8. The van der Waals surface area contributed by atoms with Crippen molar-refractivity contribution in [1.82, 2.24) is 10.2 Å². The van der Waals surface area contributed by atoms with E-state index in [1.54, 1.807) is 7.11 Å². The summed E-state index contributed by atoms with van der Waals surface area (Å²) in [4.78, 5) is 15.0. The lowest BCUT2D eigenvalue weighted by Crippen LogP contribution is -2.45. The number of carbonyl (C=O) groups excluding carboxylic acids is 1. The molecule has 1 amide bonds. The molecule has 1 aromatic carbocycles. The number of anilines is 2. The third-order valence-corrected chi connectivity index (χ3v) is 4.88. The molecule has 1 aromatic heterocycles. The van der Waals surface area contributed by atoms with E-state index < -0.39 is 5.41 Å². The molecule has 0 bridgehead atoms. The summed E-state index contributed by atoms with van der Waals surface area (Å²) in [6.07, 6.45) is 1.53. The predicted molar refractivity (Wildman–Crippen MR) is 97.9 cm³/mol. The fraction of sp³-hybridized carbons (Fsp3) is 0.421. The summed E-state index contributed by atoms with van der Waals surface area (Å²) < 4.78 is 5.31. The van der Waals surface area contributed by atoms with E-state index >= 15 is 0 Å². The van der Waals surface area contributed by atoms with Gasteiger partial charge in [0.05, 0.1) is 23.9 Å². The minimum absolute atomic E-state index is 0.0339. The van der Waals surface area contributed by atoms with Gasteiger partial charge in [0.15, 0.2) is 5.82 Å². The topological polar surface area (TPSA) is 67.3 Å². The summed E-state index contributed by atoms with van der Waals surface area (Å²) in [6.45, 7) is 5.52. The van der Waals surface area contributed by atoms with Crippen LogP contribution in [0.15, 0.2) is 36.4 Å². The largest absolute Gasteiger partial charge is 0.495 e.